The fourth-order valence-electron chi connectivity index (χ4n) is 3.08. The lowest BCUT2D eigenvalue weighted by atomic mass is 10.0. The number of benzene rings is 3. The Kier molecular flexibility index (Phi) is 5.66. The van der Waals surface area contributed by atoms with E-state index in [2.05, 4.69) is 0 Å². The standard InChI is InChI=1S/C23H23NO3S/c1-17(18-11-14-21(15-12-18)28(3,26)27)24(2)23(25)16-13-20-9-6-8-19-7-4-5-10-22(19)20/h4-17H,1-3H3/b16-13+. The Balaban J connectivity index is 1.77. The fourth-order valence-corrected chi connectivity index (χ4v) is 3.71. The first kappa shape index (κ1) is 19.8. The van der Waals surface area contributed by atoms with Gasteiger partial charge in [-0.15, -0.1) is 0 Å². The van der Waals surface area contributed by atoms with Crippen molar-refractivity contribution in [1.82, 2.24) is 4.90 Å². The Bertz CT molecular complexity index is 1130. The quantitative estimate of drug-likeness (QED) is 0.601. The number of fused-ring (bicyclic) bond motifs is 1. The highest BCUT2D eigenvalue weighted by Gasteiger charge is 2.16. The Morgan fingerprint density at radius 1 is 0.964 bits per heavy atom. The van der Waals surface area contributed by atoms with Gasteiger partial charge < -0.3 is 4.90 Å². The van der Waals surface area contributed by atoms with Crippen LogP contribution in [0.3, 0.4) is 0 Å². The Morgan fingerprint density at radius 3 is 2.29 bits per heavy atom. The van der Waals surface area contributed by atoms with Crippen LogP contribution in [-0.2, 0) is 14.6 Å². The zero-order valence-electron chi connectivity index (χ0n) is 16.2. The van der Waals surface area contributed by atoms with Crippen molar-refractivity contribution in [3.63, 3.8) is 0 Å². The molecule has 4 nitrogen and oxygen atoms in total. The normalized spacial score (nSPS) is 13.0. The molecule has 28 heavy (non-hydrogen) atoms. The Morgan fingerprint density at radius 2 is 1.61 bits per heavy atom. The van der Waals surface area contributed by atoms with Gasteiger partial charge in [0.25, 0.3) is 0 Å². The number of hydrogen-bond acceptors (Lipinski definition) is 3. The lowest BCUT2D eigenvalue weighted by molar-refractivity contribution is -0.126. The minimum Gasteiger partial charge on any atom is -0.335 e. The predicted octanol–water partition coefficient (Wildman–Crippen LogP) is 4.48. The van der Waals surface area contributed by atoms with Crippen LogP contribution >= 0.6 is 0 Å². The number of carbonyl (C=O) groups excluding carboxylic acids is 1. The molecule has 0 bridgehead atoms. The van der Waals surface area contributed by atoms with Gasteiger partial charge in [-0.25, -0.2) is 8.42 Å². The Hall–Kier alpha value is -2.92. The van der Waals surface area contributed by atoms with Gasteiger partial charge in [0, 0.05) is 19.4 Å². The molecule has 0 radical (unpaired) electrons. The van der Waals surface area contributed by atoms with Gasteiger partial charge in [-0.1, -0.05) is 54.6 Å². The van der Waals surface area contributed by atoms with E-state index in [9.17, 15) is 13.2 Å². The van der Waals surface area contributed by atoms with Gasteiger partial charge in [-0.3, -0.25) is 4.79 Å². The first-order valence-electron chi connectivity index (χ1n) is 9.00. The molecule has 3 rings (SSSR count). The molecule has 144 valence electrons. The molecule has 1 amide bonds. The summed E-state index contributed by atoms with van der Waals surface area (Å²) in [6, 6.07) is 20.5. The minimum atomic E-state index is -3.23. The Labute approximate surface area is 166 Å². The predicted molar refractivity (Wildman–Crippen MR) is 114 cm³/mol. The van der Waals surface area contributed by atoms with Crippen LogP contribution in [0.15, 0.2) is 77.7 Å². The van der Waals surface area contributed by atoms with E-state index in [1.165, 1.54) is 6.26 Å². The molecule has 0 aliphatic heterocycles. The van der Waals surface area contributed by atoms with Gasteiger partial charge in [-0.05, 0) is 47.0 Å². The fraction of sp³-hybridized carbons (Fsp3) is 0.174. The molecule has 0 spiro atoms. The molecule has 0 aliphatic carbocycles. The molecular weight excluding hydrogens is 370 g/mol. The summed E-state index contributed by atoms with van der Waals surface area (Å²) in [6.45, 7) is 1.92. The SMILES string of the molecule is CC(c1ccc(S(C)(=O)=O)cc1)N(C)C(=O)/C=C/c1cccc2ccccc12. The zero-order valence-corrected chi connectivity index (χ0v) is 17.0. The van der Waals surface area contributed by atoms with Gasteiger partial charge in [0.05, 0.1) is 10.9 Å². The zero-order chi connectivity index (χ0) is 20.3. The van der Waals surface area contributed by atoms with Crippen molar-refractivity contribution in [2.45, 2.75) is 17.9 Å². The maximum atomic E-state index is 12.6. The molecule has 0 saturated heterocycles. The maximum Gasteiger partial charge on any atom is 0.246 e. The van der Waals surface area contributed by atoms with Crippen LogP contribution in [0.4, 0.5) is 0 Å². The summed E-state index contributed by atoms with van der Waals surface area (Å²) in [5.41, 5.74) is 1.87. The molecule has 0 aliphatic rings. The summed E-state index contributed by atoms with van der Waals surface area (Å²) >= 11 is 0. The second-order valence-corrected chi connectivity index (χ2v) is 8.88. The van der Waals surface area contributed by atoms with Crippen LogP contribution in [0.2, 0.25) is 0 Å². The van der Waals surface area contributed by atoms with Crippen molar-refractivity contribution >= 4 is 32.6 Å². The van der Waals surface area contributed by atoms with Crippen LogP contribution in [-0.4, -0.2) is 32.5 Å². The smallest absolute Gasteiger partial charge is 0.246 e. The molecule has 3 aromatic rings. The van der Waals surface area contributed by atoms with E-state index in [-0.39, 0.29) is 16.8 Å². The summed E-state index contributed by atoms with van der Waals surface area (Å²) < 4.78 is 23.2. The van der Waals surface area contributed by atoms with Crippen molar-refractivity contribution in [3.05, 3.63) is 83.9 Å². The lowest BCUT2D eigenvalue weighted by Gasteiger charge is -2.24. The third kappa shape index (κ3) is 4.31. The van der Waals surface area contributed by atoms with E-state index >= 15 is 0 Å². The molecule has 5 heteroatoms. The molecule has 0 heterocycles. The van der Waals surface area contributed by atoms with Crippen molar-refractivity contribution in [3.8, 4) is 0 Å². The second-order valence-electron chi connectivity index (χ2n) is 6.87. The van der Waals surface area contributed by atoms with Crippen LogP contribution < -0.4 is 0 Å². The van der Waals surface area contributed by atoms with Crippen LogP contribution in [0.25, 0.3) is 16.8 Å². The van der Waals surface area contributed by atoms with E-state index in [4.69, 9.17) is 0 Å². The highest BCUT2D eigenvalue weighted by Crippen LogP contribution is 2.22. The van der Waals surface area contributed by atoms with Crippen molar-refractivity contribution < 1.29 is 13.2 Å². The first-order valence-corrected chi connectivity index (χ1v) is 10.9. The maximum absolute atomic E-state index is 12.6. The van der Waals surface area contributed by atoms with Crippen LogP contribution in [0.5, 0.6) is 0 Å². The van der Waals surface area contributed by atoms with Gasteiger partial charge in [-0.2, -0.15) is 0 Å². The lowest BCUT2D eigenvalue weighted by Crippen LogP contribution is -2.28. The summed E-state index contributed by atoms with van der Waals surface area (Å²) in [7, 11) is -1.49. The third-order valence-corrected chi connectivity index (χ3v) is 6.08. The van der Waals surface area contributed by atoms with Crippen LogP contribution in [0, 0.1) is 0 Å². The number of likely N-dealkylation sites (N-methyl/N-ethyl adjacent to an activating group) is 1. The molecule has 0 N–H and O–H groups in total. The van der Waals surface area contributed by atoms with Gasteiger partial charge >= 0.3 is 0 Å². The van der Waals surface area contributed by atoms with Crippen molar-refractivity contribution in [2.24, 2.45) is 0 Å². The number of nitrogens with zero attached hydrogens (tertiary/aromatic N) is 1. The molecule has 0 aromatic heterocycles. The number of hydrogen-bond donors (Lipinski definition) is 0. The number of rotatable bonds is 5. The van der Waals surface area contributed by atoms with Crippen molar-refractivity contribution in [1.29, 1.82) is 0 Å². The average molecular weight is 394 g/mol. The number of carbonyl (C=O) groups is 1. The van der Waals surface area contributed by atoms with Gasteiger partial charge in [0.1, 0.15) is 0 Å². The van der Waals surface area contributed by atoms with Crippen LogP contribution in [0.1, 0.15) is 24.1 Å². The molecule has 3 aromatic carbocycles. The average Bonchev–Trinajstić information content (AvgIpc) is 2.70. The monoisotopic (exact) mass is 393 g/mol. The van der Waals surface area contributed by atoms with E-state index in [1.54, 1.807) is 42.3 Å². The van der Waals surface area contributed by atoms with E-state index in [1.807, 2.05) is 55.5 Å². The summed E-state index contributed by atoms with van der Waals surface area (Å²) in [6.07, 6.45) is 4.59. The number of sulfone groups is 1. The molecule has 1 atom stereocenters. The second kappa shape index (κ2) is 7.98. The minimum absolute atomic E-state index is 0.118. The van der Waals surface area contributed by atoms with Gasteiger partial charge in [0.2, 0.25) is 5.91 Å². The topological polar surface area (TPSA) is 54.5 Å². The van der Waals surface area contributed by atoms with Crippen molar-refractivity contribution in [2.75, 3.05) is 13.3 Å². The van der Waals surface area contributed by atoms with E-state index < -0.39 is 9.84 Å². The molecular formula is C23H23NO3S. The molecule has 1 unspecified atom stereocenters. The molecule has 0 saturated carbocycles. The highest BCUT2D eigenvalue weighted by atomic mass is 32.2. The number of amides is 1. The highest BCUT2D eigenvalue weighted by molar-refractivity contribution is 7.90. The van der Waals surface area contributed by atoms with E-state index in [0.29, 0.717) is 0 Å². The molecule has 0 fully saturated rings. The summed E-state index contributed by atoms with van der Waals surface area (Å²) in [5, 5.41) is 2.23. The first-order chi connectivity index (χ1) is 13.3. The summed E-state index contributed by atoms with van der Waals surface area (Å²) in [4.78, 5) is 14.5. The summed E-state index contributed by atoms with van der Waals surface area (Å²) in [5.74, 6) is -0.118. The third-order valence-electron chi connectivity index (χ3n) is 4.95. The van der Waals surface area contributed by atoms with E-state index in [0.717, 1.165) is 21.9 Å². The largest absolute Gasteiger partial charge is 0.335 e. The van der Waals surface area contributed by atoms with Gasteiger partial charge in [0.15, 0.2) is 9.84 Å².